The number of hydrogen-bond acceptors (Lipinski definition) is 3. The van der Waals surface area contributed by atoms with Gasteiger partial charge >= 0.3 is 5.97 Å². The Hall–Kier alpha value is -2.64. The molecule has 148 valence electrons. The number of benzene rings is 2. The highest BCUT2D eigenvalue weighted by atomic mass is 19.1. The van der Waals surface area contributed by atoms with Crippen molar-refractivity contribution < 1.29 is 13.9 Å². The van der Waals surface area contributed by atoms with Gasteiger partial charge in [0, 0.05) is 30.3 Å². The number of rotatable bonds is 3. The minimum Gasteiger partial charge on any atom is -0.466 e. The minimum atomic E-state index is -0.262. The molecule has 1 saturated heterocycles. The van der Waals surface area contributed by atoms with Gasteiger partial charge in [0.1, 0.15) is 5.82 Å². The molecular weight excluding hydrogens is 365 g/mol. The molecule has 4 heteroatoms. The second-order valence-electron chi connectivity index (χ2n) is 8.29. The van der Waals surface area contributed by atoms with Crippen LogP contribution in [0.2, 0.25) is 0 Å². The van der Waals surface area contributed by atoms with E-state index in [0.29, 0.717) is 30.0 Å². The molecule has 2 unspecified atom stereocenters. The van der Waals surface area contributed by atoms with Gasteiger partial charge < -0.3 is 4.74 Å². The molecule has 1 saturated carbocycles. The molecule has 1 aliphatic heterocycles. The lowest BCUT2D eigenvalue weighted by atomic mass is 10.0. The summed E-state index contributed by atoms with van der Waals surface area (Å²) >= 11 is 0. The number of esters is 1. The monoisotopic (exact) mass is 389 g/mol. The van der Waals surface area contributed by atoms with Crippen LogP contribution in [0.1, 0.15) is 41.6 Å². The van der Waals surface area contributed by atoms with Crippen LogP contribution in [0.15, 0.2) is 42.5 Å². The summed E-state index contributed by atoms with van der Waals surface area (Å²) in [4.78, 5) is 14.5. The molecule has 3 nitrogen and oxygen atoms in total. The van der Waals surface area contributed by atoms with Crippen molar-refractivity contribution in [3.05, 3.63) is 70.5 Å². The molecule has 29 heavy (non-hydrogen) atoms. The molecule has 2 aromatic rings. The van der Waals surface area contributed by atoms with Crippen molar-refractivity contribution in [3.63, 3.8) is 0 Å². The average Bonchev–Trinajstić information content (AvgIpc) is 3.04. The summed E-state index contributed by atoms with van der Waals surface area (Å²) in [5.41, 5.74) is 4.43. The molecule has 0 spiro atoms. The first-order valence-electron chi connectivity index (χ1n) is 10.4. The molecule has 2 aromatic carbocycles. The van der Waals surface area contributed by atoms with Crippen LogP contribution in [0.4, 0.5) is 4.39 Å². The average molecular weight is 389 g/mol. The molecule has 0 radical (unpaired) electrons. The van der Waals surface area contributed by atoms with Gasteiger partial charge in [-0.25, -0.2) is 4.39 Å². The van der Waals surface area contributed by atoms with Crippen molar-refractivity contribution in [2.24, 2.45) is 17.8 Å². The van der Waals surface area contributed by atoms with E-state index < -0.39 is 0 Å². The lowest BCUT2D eigenvalue weighted by molar-refractivity contribution is -0.145. The van der Waals surface area contributed by atoms with Gasteiger partial charge in [-0.15, -0.1) is 0 Å². The second-order valence-corrected chi connectivity index (χ2v) is 8.29. The number of ether oxygens (including phenoxy) is 1. The van der Waals surface area contributed by atoms with Crippen molar-refractivity contribution in [3.8, 4) is 11.8 Å². The summed E-state index contributed by atoms with van der Waals surface area (Å²) in [5.74, 6) is 7.05. The Morgan fingerprint density at radius 2 is 1.90 bits per heavy atom. The highest BCUT2D eigenvalue weighted by Gasteiger charge is 2.61. The Bertz CT molecular complexity index is 1010. The predicted molar refractivity (Wildman–Crippen MR) is 109 cm³/mol. The maximum atomic E-state index is 13.3. The Kier molecular flexibility index (Phi) is 4.64. The van der Waals surface area contributed by atoms with Crippen LogP contribution in [-0.2, 0) is 16.0 Å². The Morgan fingerprint density at radius 1 is 1.14 bits per heavy atom. The summed E-state index contributed by atoms with van der Waals surface area (Å²) in [5, 5.41) is 0. The molecule has 0 amide bonds. The van der Waals surface area contributed by atoms with Gasteiger partial charge in [0.15, 0.2) is 0 Å². The fourth-order valence-corrected chi connectivity index (χ4v) is 5.16. The Balaban J connectivity index is 1.26. The molecule has 1 heterocycles. The number of fused-ring (bicyclic) bond motifs is 2. The summed E-state index contributed by atoms with van der Waals surface area (Å²) < 4.78 is 18.5. The van der Waals surface area contributed by atoms with Crippen LogP contribution in [0.25, 0.3) is 0 Å². The third kappa shape index (κ3) is 3.45. The molecule has 5 rings (SSSR count). The SMILES string of the molecule is CCOC(=O)C1[C@H]2CN(C3CCc4cc(C#Cc5cccc(F)c5)ccc43)C[C@@H]12. The van der Waals surface area contributed by atoms with Crippen molar-refractivity contribution in [1.82, 2.24) is 4.90 Å². The molecule has 0 aromatic heterocycles. The molecule has 4 atom stereocenters. The zero-order valence-electron chi connectivity index (χ0n) is 16.5. The van der Waals surface area contributed by atoms with Crippen molar-refractivity contribution in [2.45, 2.75) is 25.8 Å². The summed E-state index contributed by atoms with van der Waals surface area (Å²) in [6.07, 6.45) is 2.18. The van der Waals surface area contributed by atoms with Gasteiger partial charge in [-0.05, 0) is 73.1 Å². The normalized spacial score (nSPS) is 27.0. The van der Waals surface area contributed by atoms with E-state index in [9.17, 15) is 9.18 Å². The van der Waals surface area contributed by atoms with Gasteiger partial charge in [-0.1, -0.05) is 24.0 Å². The van der Waals surface area contributed by atoms with Crippen molar-refractivity contribution in [1.29, 1.82) is 0 Å². The van der Waals surface area contributed by atoms with Gasteiger partial charge in [0.2, 0.25) is 0 Å². The molecule has 2 fully saturated rings. The quantitative estimate of drug-likeness (QED) is 0.588. The number of nitrogens with zero attached hydrogens (tertiary/aromatic N) is 1. The number of piperidine rings is 1. The molecular formula is C25H24FNO2. The van der Waals surface area contributed by atoms with E-state index in [0.717, 1.165) is 31.5 Å². The van der Waals surface area contributed by atoms with Gasteiger partial charge in [0.05, 0.1) is 12.5 Å². The summed E-state index contributed by atoms with van der Waals surface area (Å²) in [6, 6.07) is 13.3. The number of carbonyl (C=O) groups excluding carboxylic acids is 1. The largest absolute Gasteiger partial charge is 0.466 e. The van der Waals surface area contributed by atoms with Crippen LogP contribution in [0.3, 0.4) is 0 Å². The van der Waals surface area contributed by atoms with Gasteiger partial charge in [0.25, 0.3) is 0 Å². The second kappa shape index (κ2) is 7.31. The number of likely N-dealkylation sites (tertiary alicyclic amines) is 1. The van der Waals surface area contributed by atoms with E-state index in [1.165, 1.54) is 23.3 Å². The van der Waals surface area contributed by atoms with Crippen LogP contribution in [0.5, 0.6) is 0 Å². The lowest BCUT2D eigenvalue weighted by Crippen LogP contribution is -2.30. The standard InChI is InChI=1S/C25H24FNO2/c1-2-29-25(28)24-21-14-27(15-22(21)24)23-11-9-18-12-17(8-10-20(18)23)7-6-16-4-3-5-19(26)13-16/h3-5,8,10,12-13,21-24H,2,9,11,14-15H2,1H3/t21-,22+,23?,24?. The summed E-state index contributed by atoms with van der Waals surface area (Å²) in [7, 11) is 0. The van der Waals surface area contributed by atoms with Gasteiger partial charge in [-0.3, -0.25) is 9.69 Å². The minimum absolute atomic E-state index is 0.00418. The first kappa shape index (κ1) is 18.4. The third-order valence-electron chi connectivity index (χ3n) is 6.59. The van der Waals surface area contributed by atoms with Crippen LogP contribution in [0, 0.1) is 35.4 Å². The van der Waals surface area contributed by atoms with E-state index in [4.69, 9.17) is 4.74 Å². The molecule has 0 N–H and O–H groups in total. The predicted octanol–water partition coefficient (Wildman–Crippen LogP) is 3.95. The maximum absolute atomic E-state index is 13.3. The highest BCUT2D eigenvalue weighted by molar-refractivity contribution is 5.77. The van der Waals surface area contributed by atoms with E-state index in [-0.39, 0.29) is 17.7 Å². The number of hydrogen-bond donors (Lipinski definition) is 0. The fourth-order valence-electron chi connectivity index (χ4n) is 5.16. The zero-order valence-corrected chi connectivity index (χ0v) is 16.5. The van der Waals surface area contributed by atoms with Crippen molar-refractivity contribution in [2.75, 3.05) is 19.7 Å². The number of carbonyl (C=O) groups is 1. The molecule has 0 bridgehead atoms. The molecule has 2 aliphatic carbocycles. The fraction of sp³-hybridized carbons (Fsp3) is 0.400. The van der Waals surface area contributed by atoms with E-state index in [1.54, 1.807) is 6.07 Å². The molecule has 3 aliphatic rings. The first-order valence-corrected chi connectivity index (χ1v) is 10.4. The van der Waals surface area contributed by atoms with E-state index in [2.05, 4.69) is 34.9 Å². The lowest BCUT2D eigenvalue weighted by Gasteiger charge is -2.27. The number of aryl methyl sites for hydroxylation is 1. The van der Waals surface area contributed by atoms with Crippen LogP contribution < -0.4 is 0 Å². The zero-order chi connectivity index (χ0) is 20.0. The maximum Gasteiger partial charge on any atom is 0.309 e. The van der Waals surface area contributed by atoms with Crippen LogP contribution in [-0.4, -0.2) is 30.6 Å². The topological polar surface area (TPSA) is 29.5 Å². The van der Waals surface area contributed by atoms with Crippen LogP contribution >= 0.6 is 0 Å². The van der Waals surface area contributed by atoms with Gasteiger partial charge in [-0.2, -0.15) is 0 Å². The number of halogens is 1. The van der Waals surface area contributed by atoms with Crippen molar-refractivity contribution >= 4 is 5.97 Å². The third-order valence-corrected chi connectivity index (χ3v) is 6.59. The Morgan fingerprint density at radius 3 is 2.62 bits per heavy atom. The highest BCUT2D eigenvalue weighted by Crippen LogP contribution is 2.55. The van der Waals surface area contributed by atoms with E-state index in [1.807, 2.05) is 13.0 Å². The first-order chi connectivity index (χ1) is 14.1. The summed E-state index contributed by atoms with van der Waals surface area (Å²) in [6.45, 7) is 4.34. The Labute approximate surface area is 170 Å². The smallest absolute Gasteiger partial charge is 0.309 e. The van der Waals surface area contributed by atoms with E-state index >= 15 is 0 Å².